The SMILES string of the molecule is CCCCCCCCOC1CCCC(C#N)(NCC)C1. The first kappa shape index (κ1) is 17.5. The lowest BCUT2D eigenvalue weighted by atomic mass is 9.81. The lowest BCUT2D eigenvalue weighted by Crippen LogP contribution is -2.49. The molecule has 116 valence electrons. The maximum atomic E-state index is 9.41. The fourth-order valence-electron chi connectivity index (χ4n) is 3.14. The lowest BCUT2D eigenvalue weighted by molar-refractivity contribution is 0.00759. The monoisotopic (exact) mass is 280 g/mol. The van der Waals surface area contributed by atoms with E-state index in [-0.39, 0.29) is 11.6 Å². The van der Waals surface area contributed by atoms with E-state index >= 15 is 0 Å². The summed E-state index contributed by atoms with van der Waals surface area (Å²) in [5.41, 5.74) is -0.335. The van der Waals surface area contributed by atoms with E-state index in [4.69, 9.17) is 4.74 Å². The molecule has 20 heavy (non-hydrogen) atoms. The van der Waals surface area contributed by atoms with Gasteiger partial charge in [0.15, 0.2) is 0 Å². The molecule has 0 heterocycles. The van der Waals surface area contributed by atoms with E-state index in [1.54, 1.807) is 0 Å². The van der Waals surface area contributed by atoms with E-state index in [2.05, 4.69) is 25.2 Å². The smallest absolute Gasteiger partial charge is 0.109 e. The number of ether oxygens (including phenoxy) is 1. The quantitative estimate of drug-likeness (QED) is 0.611. The van der Waals surface area contributed by atoms with Crippen LogP contribution < -0.4 is 5.32 Å². The summed E-state index contributed by atoms with van der Waals surface area (Å²) in [6.07, 6.45) is 12.1. The number of nitrogens with one attached hydrogen (secondary N) is 1. The second kappa shape index (κ2) is 10.2. The third kappa shape index (κ3) is 6.24. The topological polar surface area (TPSA) is 45.0 Å². The van der Waals surface area contributed by atoms with Gasteiger partial charge in [0.1, 0.15) is 5.54 Å². The number of rotatable bonds is 10. The van der Waals surface area contributed by atoms with Gasteiger partial charge in [0.05, 0.1) is 12.2 Å². The van der Waals surface area contributed by atoms with Crippen LogP contribution in [-0.2, 0) is 4.74 Å². The Morgan fingerprint density at radius 2 is 1.95 bits per heavy atom. The molecule has 0 spiro atoms. The third-order valence-electron chi connectivity index (χ3n) is 4.29. The summed E-state index contributed by atoms with van der Waals surface area (Å²) in [6.45, 7) is 6.04. The van der Waals surface area contributed by atoms with E-state index in [0.29, 0.717) is 0 Å². The highest BCUT2D eigenvalue weighted by Crippen LogP contribution is 2.29. The summed E-state index contributed by atoms with van der Waals surface area (Å²) in [5, 5.41) is 12.8. The molecule has 1 fully saturated rings. The van der Waals surface area contributed by atoms with E-state index in [9.17, 15) is 5.26 Å². The Labute approximate surface area is 125 Å². The second-order valence-corrected chi connectivity index (χ2v) is 6.08. The first-order chi connectivity index (χ1) is 9.76. The summed E-state index contributed by atoms with van der Waals surface area (Å²) in [6, 6.07) is 2.48. The van der Waals surface area contributed by atoms with Gasteiger partial charge in [-0.05, 0) is 32.2 Å². The fraction of sp³-hybridized carbons (Fsp3) is 0.941. The van der Waals surface area contributed by atoms with Crippen LogP contribution in [0.15, 0.2) is 0 Å². The van der Waals surface area contributed by atoms with Crippen molar-refractivity contribution in [3.63, 3.8) is 0 Å². The van der Waals surface area contributed by atoms with E-state index in [1.165, 1.54) is 38.5 Å². The van der Waals surface area contributed by atoms with Gasteiger partial charge in [-0.1, -0.05) is 46.0 Å². The van der Waals surface area contributed by atoms with Crippen LogP contribution in [0.5, 0.6) is 0 Å². The van der Waals surface area contributed by atoms with Crippen molar-refractivity contribution in [2.45, 2.75) is 89.7 Å². The van der Waals surface area contributed by atoms with Crippen LogP contribution >= 0.6 is 0 Å². The zero-order valence-corrected chi connectivity index (χ0v) is 13.4. The molecule has 3 heteroatoms. The molecular weight excluding hydrogens is 248 g/mol. The Balaban J connectivity index is 2.16. The fourth-order valence-corrected chi connectivity index (χ4v) is 3.14. The van der Waals surface area contributed by atoms with Crippen molar-refractivity contribution in [2.75, 3.05) is 13.2 Å². The summed E-state index contributed by atoms with van der Waals surface area (Å²) >= 11 is 0. The van der Waals surface area contributed by atoms with E-state index in [0.717, 1.165) is 38.8 Å². The number of nitriles is 1. The summed E-state index contributed by atoms with van der Waals surface area (Å²) in [7, 11) is 0. The molecule has 1 saturated carbocycles. The standard InChI is InChI=1S/C17H32N2O/c1-3-5-6-7-8-9-13-20-16-11-10-12-17(14-16,15-18)19-4-2/h16,19H,3-14H2,1-2H3. The average molecular weight is 280 g/mol. The highest BCUT2D eigenvalue weighted by molar-refractivity contribution is 5.10. The second-order valence-electron chi connectivity index (χ2n) is 6.08. The Morgan fingerprint density at radius 1 is 1.20 bits per heavy atom. The van der Waals surface area contributed by atoms with Crippen molar-refractivity contribution >= 4 is 0 Å². The van der Waals surface area contributed by atoms with Crippen molar-refractivity contribution in [1.29, 1.82) is 5.26 Å². The Kier molecular flexibility index (Phi) is 8.89. The Hall–Kier alpha value is -0.590. The minimum atomic E-state index is -0.335. The zero-order chi connectivity index (χ0) is 14.7. The van der Waals surface area contributed by atoms with Crippen molar-refractivity contribution in [3.05, 3.63) is 0 Å². The van der Waals surface area contributed by atoms with Crippen molar-refractivity contribution in [1.82, 2.24) is 5.32 Å². The van der Waals surface area contributed by atoms with Crippen LogP contribution in [0.25, 0.3) is 0 Å². The van der Waals surface area contributed by atoms with Gasteiger partial charge in [0, 0.05) is 13.0 Å². The number of hydrogen-bond donors (Lipinski definition) is 1. The van der Waals surface area contributed by atoms with Crippen molar-refractivity contribution in [3.8, 4) is 6.07 Å². The molecule has 0 amide bonds. The van der Waals surface area contributed by atoms with Gasteiger partial charge in [0.25, 0.3) is 0 Å². The molecule has 0 aromatic heterocycles. The molecule has 2 unspecified atom stereocenters. The highest BCUT2D eigenvalue weighted by atomic mass is 16.5. The molecule has 0 aromatic rings. The van der Waals surface area contributed by atoms with Gasteiger partial charge < -0.3 is 4.74 Å². The zero-order valence-electron chi connectivity index (χ0n) is 13.4. The molecule has 0 saturated heterocycles. The molecule has 2 atom stereocenters. The molecule has 1 aliphatic rings. The van der Waals surface area contributed by atoms with Gasteiger partial charge in [-0.2, -0.15) is 5.26 Å². The van der Waals surface area contributed by atoms with Crippen LogP contribution in [0.1, 0.15) is 78.1 Å². The van der Waals surface area contributed by atoms with Crippen LogP contribution in [0, 0.1) is 11.3 Å². The molecule has 0 aromatic carbocycles. The van der Waals surface area contributed by atoms with Gasteiger partial charge >= 0.3 is 0 Å². The lowest BCUT2D eigenvalue weighted by Gasteiger charge is -2.36. The Morgan fingerprint density at radius 3 is 2.65 bits per heavy atom. The predicted octanol–water partition coefficient (Wildman–Crippen LogP) is 4.18. The van der Waals surface area contributed by atoms with Gasteiger partial charge in [-0.3, -0.25) is 5.32 Å². The molecule has 0 bridgehead atoms. The summed E-state index contributed by atoms with van der Waals surface area (Å²) in [5.74, 6) is 0. The Bertz CT molecular complexity index is 283. The first-order valence-electron chi connectivity index (χ1n) is 8.54. The van der Waals surface area contributed by atoms with Crippen LogP contribution in [0.2, 0.25) is 0 Å². The largest absolute Gasteiger partial charge is 0.378 e. The van der Waals surface area contributed by atoms with Crippen LogP contribution in [0.3, 0.4) is 0 Å². The number of hydrogen-bond acceptors (Lipinski definition) is 3. The molecule has 0 aliphatic heterocycles. The minimum Gasteiger partial charge on any atom is -0.378 e. The van der Waals surface area contributed by atoms with E-state index in [1.807, 2.05) is 0 Å². The first-order valence-corrected chi connectivity index (χ1v) is 8.54. The van der Waals surface area contributed by atoms with Gasteiger partial charge in [0.2, 0.25) is 0 Å². The average Bonchev–Trinajstić information content (AvgIpc) is 2.47. The third-order valence-corrected chi connectivity index (χ3v) is 4.29. The molecular formula is C17H32N2O. The highest BCUT2D eigenvalue weighted by Gasteiger charge is 2.36. The van der Waals surface area contributed by atoms with Crippen molar-refractivity contribution in [2.24, 2.45) is 0 Å². The van der Waals surface area contributed by atoms with Gasteiger partial charge in [-0.25, -0.2) is 0 Å². The predicted molar refractivity (Wildman–Crippen MR) is 83.6 cm³/mol. The number of nitrogens with zero attached hydrogens (tertiary/aromatic N) is 1. The van der Waals surface area contributed by atoms with Crippen LogP contribution in [-0.4, -0.2) is 24.8 Å². The molecule has 1 rings (SSSR count). The molecule has 1 aliphatic carbocycles. The molecule has 3 nitrogen and oxygen atoms in total. The van der Waals surface area contributed by atoms with Crippen LogP contribution in [0.4, 0.5) is 0 Å². The minimum absolute atomic E-state index is 0.276. The normalized spacial score (nSPS) is 26.4. The maximum Gasteiger partial charge on any atom is 0.109 e. The summed E-state index contributed by atoms with van der Waals surface area (Å²) < 4.78 is 6.00. The molecule has 0 radical (unpaired) electrons. The van der Waals surface area contributed by atoms with Gasteiger partial charge in [-0.15, -0.1) is 0 Å². The molecule has 1 N–H and O–H groups in total. The van der Waals surface area contributed by atoms with E-state index < -0.39 is 0 Å². The summed E-state index contributed by atoms with van der Waals surface area (Å²) in [4.78, 5) is 0. The number of unbranched alkanes of at least 4 members (excludes halogenated alkanes) is 5. The van der Waals surface area contributed by atoms with Crippen molar-refractivity contribution < 1.29 is 4.74 Å². The maximum absolute atomic E-state index is 9.41.